The second-order valence-electron chi connectivity index (χ2n) is 7.70. The fraction of sp³-hybridized carbons (Fsp3) is 0.750. The summed E-state index contributed by atoms with van der Waals surface area (Å²) in [4.78, 5) is 12.7. The van der Waals surface area contributed by atoms with E-state index < -0.39 is 0 Å². The van der Waals surface area contributed by atoms with Crippen molar-refractivity contribution in [3.8, 4) is 0 Å². The maximum absolute atomic E-state index is 12.7. The van der Waals surface area contributed by atoms with E-state index in [2.05, 4.69) is 43.4 Å². The highest BCUT2D eigenvalue weighted by Gasteiger charge is 2.65. The molecule has 0 spiro atoms. The third kappa shape index (κ3) is 2.54. The number of carbonyl (C=O) groups excluding carboxylic acids is 1. The van der Waals surface area contributed by atoms with E-state index in [0.717, 1.165) is 18.7 Å². The SMILES string of the molecule is Cl.Cn1cc([C@H]2CNC[C@@H]2C(=O)NC2C(C)(C)C2(C)C)cn1. The molecule has 1 saturated carbocycles. The van der Waals surface area contributed by atoms with Gasteiger partial charge in [0.25, 0.3) is 0 Å². The van der Waals surface area contributed by atoms with Crippen molar-refractivity contribution >= 4 is 18.3 Å². The molecule has 0 aromatic carbocycles. The topological polar surface area (TPSA) is 59.0 Å². The monoisotopic (exact) mass is 326 g/mol. The number of hydrogen-bond acceptors (Lipinski definition) is 3. The van der Waals surface area contributed by atoms with E-state index in [9.17, 15) is 4.79 Å². The lowest BCUT2D eigenvalue weighted by atomic mass is 9.90. The molecule has 2 aliphatic rings. The molecule has 2 atom stereocenters. The fourth-order valence-electron chi connectivity index (χ4n) is 3.74. The first kappa shape index (κ1) is 17.3. The molecule has 2 fully saturated rings. The van der Waals surface area contributed by atoms with Crippen LogP contribution in [0.2, 0.25) is 0 Å². The summed E-state index contributed by atoms with van der Waals surface area (Å²) in [6.07, 6.45) is 3.89. The van der Waals surface area contributed by atoms with Gasteiger partial charge in [0, 0.05) is 38.3 Å². The van der Waals surface area contributed by atoms with Gasteiger partial charge in [0.05, 0.1) is 12.1 Å². The van der Waals surface area contributed by atoms with Crippen LogP contribution in [0.1, 0.15) is 39.2 Å². The van der Waals surface area contributed by atoms with Crippen LogP contribution in [0.5, 0.6) is 0 Å². The molecule has 22 heavy (non-hydrogen) atoms. The zero-order valence-corrected chi connectivity index (χ0v) is 14.8. The fourth-order valence-corrected chi connectivity index (χ4v) is 3.74. The Morgan fingerprint density at radius 3 is 2.45 bits per heavy atom. The van der Waals surface area contributed by atoms with Gasteiger partial charge >= 0.3 is 0 Å². The second kappa shape index (κ2) is 5.53. The number of hydrogen-bond donors (Lipinski definition) is 2. The summed E-state index contributed by atoms with van der Waals surface area (Å²) in [6, 6.07) is 0.271. The van der Waals surface area contributed by atoms with Crippen LogP contribution >= 0.6 is 12.4 Å². The van der Waals surface area contributed by atoms with Gasteiger partial charge < -0.3 is 10.6 Å². The number of rotatable bonds is 3. The van der Waals surface area contributed by atoms with Gasteiger partial charge in [-0.15, -0.1) is 12.4 Å². The Bertz CT molecular complexity index is 552. The Hall–Kier alpha value is -1.07. The molecule has 3 rings (SSSR count). The van der Waals surface area contributed by atoms with Crippen molar-refractivity contribution in [1.82, 2.24) is 20.4 Å². The van der Waals surface area contributed by atoms with Crippen LogP contribution < -0.4 is 10.6 Å². The average Bonchev–Trinajstić information content (AvgIpc) is 2.91. The second-order valence-corrected chi connectivity index (χ2v) is 7.70. The van der Waals surface area contributed by atoms with Crippen molar-refractivity contribution < 1.29 is 4.79 Å². The highest BCUT2D eigenvalue weighted by Crippen LogP contribution is 2.62. The van der Waals surface area contributed by atoms with E-state index in [4.69, 9.17) is 0 Å². The zero-order chi connectivity index (χ0) is 15.4. The number of aryl methyl sites for hydroxylation is 1. The quantitative estimate of drug-likeness (QED) is 0.888. The Labute approximate surface area is 138 Å². The van der Waals surface area contributed by atoms with Crippen LogP contribution in [0, 0.1) is 16.7 Å². The van der Waals surface area contributed by atoms with Gasteiger partial charge in [-0.2, -0.15) is 5.10 Å². The van der Waals surface area contributed by atoms with Crippen LogP contribution in [0.4, 0.5) is 0 Å². The molecule has 1 aromatic heterocycles. The summed E-state index contributed by atoms with van der Waals surface area (Å²) in [7, 11) is 1.91. The van der Waals surface area contributed by atoms with E-state index >= 15 is 0 Å². The first-order valence-corrected chi connectivity index (χ1v) is 7.75. The Morgan fingerprint density at radius 2 is 1.95 bits per heavy atom. The highest BCUT2D eigenvalue weighted by atomic mass is 35.5. The number of nitrogens with one attached hydrogen (secondary N) is 2. The van der Waals surface area contributed by atoms with Crippen molar-refractivity contribution in [2.24, 2.45) is 23.8 Å². The number of nitrogens with zero attached hydrogens (tertiary/aromatic N) is 2. The predicted octanol–water partition coefficient (Wildman–Crippen LogP) is 1.70. The molecule has 1 aliphatic heterocycles. The van der Waals surface area contributed by atoms with Crippen LogP contribution in [0.25, 0.3) is 0 Å². The van der Waals surface area contributed by atoms with Crippen molar-refractivity contribution in [1.29, 1.82) is 0 Å². The molecular formula is C16H27ClN4O. The first-order valence-electron chi connectivity index (χ1n) is 7.75. The van der Waals surface area contributed by atoms with Gasteiger partial charge in [0.1, 0.15) is 0 Å². The molecule has 0 radical (unpaired) electrons. The number of halogens is 1. The lowest BCUT2D eigenvalue weighted by molar-refractivity contribution is -0.125. The van der Waals surface area contributed by atoms with Crippen LogP contribution in [-0.4, -0.2) is 34.8 Å². The van der Waals surface area contributed by atoms with E-state index in [1.54, 1.807) is 4.68 Å². The van der Waals surface area contributed by atoms with Gasteiger partial charge in [0.15, 0.2) is 0 Å². The molecule has 2 heterocycles. The number of carbonyl (C=O) groups is 1. The summed E-state index contributed by atoms with van der Waals surface area (Å²) in [6.45, 7) is 10.5. The molecule has 1 aromatic rings. The molecule has 2 N–H and O–H groups in total. The van der Waals surface area contributed by atoms with E-state index in [1.165, 1.54) is 0 Å². The number of aromatic nitrogens is 2. The van der Waals surface area contributed by atoms with Crippen molar-refractivity contribution in [2.75, 3.05) is 13.1 Å². The molecular weight excluding hydrogens is 300 g/mol. The summed E-state index contributed by atoms with van der Waals surface area (Å²) in [5, 5.41) is 10.9. The number of amides is 1. The van der Waals surface area contributed by atoms with Crippen LogP contribution in [-0.2, 0) is 11.8 Å². The minimum Gasteiger partial charge on any atom is -0.352 e. The van der Waals surface area contributed by atoms with E-state index in [0.29, 0.717) is 0 Å². The smallest absolute Gasteiger partial charge is 0.225 e. The minimum absolute atomic E-state index is 0. The molecule has 5 nitrogen and oxygen atoms in total. The third-order valence-corrected chi connectivity index (χ3v) is 6.01. The highest BCUT2D eigenvalue weighted by molar-refractivity contribution is 5.85. The van der Waals surface area contributed by atoms with Gasteiger partial charge in [-0.25, -0.2) is 0 Å². The summed E-state index contributed by atoms with van der Waals surface area (Å²) >= 11 is 0. The summed E-state index contributed by atoms with van der Waals surface area (Å²) < 4.78 is 1.80. The summed E-state index contributed by atoms with van der Waals surface area (Å²) in [5.74, 6) is 0.405. The van der Waals surface area contributed by atoms with Gasteiger partial charge in [-0.05, 0) is 16.4 Å². The van der Waals surface area contributed by atoms with Gasteiger partial charge in [-0.3, -0.25) is 9.48 Å². The Morgan fingerprint density at radius 1 is 1.32 bits per heavy atom. The van der Waals surface area contributed by atoms with Gasteiger partial charge in [-0.1, -0.05) is 27.7 Å². The predicted molar refractivity (Wildman–Crippen MR) is 89.0 cm³/mol. The molecule has 6 heteroatoms. The molecule has 0 bridgehead atoms. The van der Waals surface area contributed by atoms with Crippen LogP contribution in [0.3, 0.4) is 0 Å². The van der Waals surface area contributed by atoms with Crippen LogP contribution in [0.15, 0.2) is 12.4 Å². The van der Waals surface area contributed by atoms with E-state index in [1.807, 2.05) is 19.4 Å². The minimum atomic E-state index is 0. The van der Waals surface area contributed by atoms with Gasteiger partial charge in [0.2, 0.25) is 5.91 Å². The van der Waals surface area contributed by atoms with Crippen molar-refractivity contribution in [3.05, 3.63) is 18.0 Å². The Kier molecular flexibility index (Phi) is 4.35. The lowest BCUT2D eigenvalue weighted by Crippen LogP contribution is -2.38. The molecule has 1 aliphatic carbocycles. The largest absolute Gasteiger partial charge is 0.352 e. The first-order chi connectivity index (χ1) is 9.75. The summed E-state index contributed by atoms with van der Waals surface area (Å²) in [5.41, 5.74) is 1.51. The zero-order valence-electron chi connectivity index (χ0n) is 14.0. The standard InChI is InChI=1S/C16H26N4O.ClH/c1-15(2)14(16(15,3)4)19-13(21)12-8-17-7-11(12)10-6-18-20(5)9-10;/h6,9,11-12,14,17H,7-8H2,1-5H3,(H,19,21);1H/t11-,12+;/m1./s1. The van der Waals surface area contributed by atoms with E-state index in [-0.39, 0.29) is 47.0 Å². The normalized spacial score (nSPS) is 29.0. The Balaban J connectivity index is 0.00000176. The maximum Gasteiger partial charge on any atom is 0.225 e. The maximum atomic E-state index is 12.7. The van der Waals surface area contributed by atoms with Crippen molar-refractivity contribution in [2.45, 2.75) is 39.7 Å². The lowest BCUT2D eigenvalue weighted by Gasteiger charge is -2.18. The molecule has 1 amide bonds. The average molecular weight is 327 g/mol. The van der Waals surface area contributed by atoms with Crippen molar-refractivity contribution in [3.63, 3.8) is 0 Å². The molecule has 124 valence electrons. The third-order valence-electron chi connectivity index (χ3n) is 6.01. The molecule has 0 unspecified atom stereocenters. The molecule has 1 saturated heterocycles.